The molecule has 1 rings (SSSR count). The number of carboxylic acid groups (broad SMARTS) is 1. The van der Waals surface area contributed by atoms with Gasteiger partial charge < -0.3 is 20.1 Å². The molecule has 0 spiro atoms. The quantitative estimate of drug-likeness (QED) is 0.605. The molecular weight excluding hydrogens is 268 g/mol. The fraction of sp³-hybridized carbons (Fsp3) is 0.938. The van der Waals surface area contributed by atoms with Crippen LogP contribution in [-0.4, -0.2) is 60.9 Å². The lowest BCUT2D eigenvalue weighted by Gasteiger charge is -2.31. The van der Waals surface area contributed by atoms with Crippen LogP contribution >= 0.6 is 0 Å². The van der Waals surface area contributed by atoms with Gasteiger partial charge in [-0.15, -0.1) is 0 Å². The number of rotatable bonds is 10. The van der Waals surface area contributed by atoms with Crippen molar-refractivity contribution >= 4 is 5.97 Å². The van der Waals surface area contributed by atoms with Gasteiger partial charge in [0.05, 0.1) is 0 Å². The van der Waals surface area contributed by atoms with Crippen LogP contribution in [0.5, 0.6) is 0 Å². The van der Waals surface area contributed by atoms with E-state index in [1.54, 1.807) is 6.92 Å². The van der Waals surface area contributed by atoms with Crippen LogP contribution in [0, 0.1) is 0 Å². The first-order chi connectivity index (χ1) is 9.99. The molecule has 1 unspecified atom stereocenters. The molecule has 0 saturated carbocycles. The zero-order valence-electron chi connectivity index (χ0n) is 13.9. The highest BCUT2D eigenvalue weighted by atomic mass is 16.5. The normalized spacial score (nSPS) is 19.6. The van der Waals surface area contributed by atoms with Gasteiger partial charge in [0.2, 0.25) is 0 Å². The Bertz CT molecular complexity index is 306. The third kappa shape index (κ3) is 6.32. The second-order valence-corrected chi connectivity index (χ2v) is 6.35. The van der Waals surface area contributed by atoms with Crippen LogP contribution < -0.4 is 5.32 Å². The Morgan fingerprint density at radius 1 is 1.38 bits per heavy atom. The van der Waals surface area contributed by atoms with E-state index in [1.165, 1.54) is 0 Å². The first-order valence-corrected chi connectivity index (χ1v) is 8.26. The molecule has 0 aromatic heterocycles. The molecule has 0 amide bonds. The first kappa shape index (κ1) is 18.4. The van der Waals surface area contributed by atoms with Gasteiger partial charge in [0.25, 0.3) is 0 Å². The topological polar surface area (TPSA) is 61.8 Å². The van der Waals surface area contributed by atoms with Gasteiger partial charge in [0.15, 0.2) is 0 Å². The van der Waals surface area contributed by atoms with Crippen molar-refractivity contribution in [2.45, 2.75) is 64.0 Å². The van der Waals surface area contributed by atoms with Gasteiger partial charge in [-0.2, -0.15) is 0 Å². The fourth-order valence-corrected chi connectivity index (χ4v) is 2.82. The average Bonchev–Trinajstić information content (AvgIpc) is 2.50. The van der Waals surface area contributed by atoms with E-state index in [9.17, 15) is 9.90 Å². The minimum Gasteiger partial charge on any atom is -0.480 e. The average molecular weight is 300 g/mol. The molecular formula is C16H32N2O3. The smallest absolute Gasteiger partial charge is 0.323 e. The molecule has 0 bridgehead atoms. The summed E-state index contributed by atoms with van der Waals surface area (Å²) in [6.45, 7) is 7.38. The molecule has 0 aromatic rings. The maximum Gasteiger partial charge on any atom is 0.323 e. The molecule has 1 saturated heterocycles. The lowest BCUT2D eigenvalue weighted by Crippen LogP contribution is -2.49. The number of carbonyl (C=O) groups is 1. The van der Waals surface area contributed by atoms with Gasteiger partial charge in [0.1, 0.15) is 5.54 Å². The number of hydrogen-bond acceptors (Lipinski definition) is 4. The number of aliphatic carboxylic acids is 1. The molecule has 124 valence electrons. The van der Waals surface area contributed by atoms with E-state index in [0.717, 1.165) is 58.4 Å². The Hall–Kier alpha value is -0.650. The van der Waals surface area contributed by atoms with Gasteiger partial charge in [-0.05, 0) is 65.6 Å². The van der Waals surface area contributed by atoms with E-state index < -0.39 is 11.5 Å². The zero-order chi connectivity index (χ0) is 15.7. The fourth-order valence-electron chi connectivity index (χ4n) is 2.82. The lowest BCUT2D eigenvalue weighted by atomic mass is 9.94. The zero-order valence-corrected chi connectivity index (χ0v) is 13.9. The molecule has 1 fully saturated rings. The van der Waals surface area contributed by atoms with Gasteiger partial charge in [-0.3, -0.25) is 4.79 Å². The summed E-state index contributed by atoms with van der Waals surface area (Å²) >= 11 is 0. The molecule has 2 N–H and O–H groups in total. The van der Waals surface area contributed by atoms with Crippen LogP contribution in [0.25, 0.3) is 0 Å². The summed E-state index contributed by atoms with van der Waals surface area (Å²) in [6, 6.07) is 0.628. The lowest BCUT2D eigenvalue weighted by molar-refractivity contribution is -0.144. The maximum atomic E-state index is 11.4. The second kappa shape index (κ2) is 9.38. The third-order valence-corrected chi connectivity index (χ3v) is 4.49. The van der Waals surface area contributed by atoms with Crippen molar-refractivity contribution < 1.29 is 14.6 Å². The number of nitrogens with one attached hydrogen (secondary N) is 1. The molecule has 1 aliphatic heterocycles. The van der Waals surface area contributed by atoms with Crippen molar-refractivity contribution in [3.63, 3.8) is 0 Å². The highest BCUT2D eigenvalue weighted by Crippen LogP contribution is 2.17. The minimum absolute atomic E-state index is 0.628. The van der Waals surface area contributed by atoms with E-state index in [1.807, 2.05) is 0 Å². The van der Waals surface area contributed by atoms with E-state index in [4.69, 9.17) is 4.74 Å². The molecule has 1 atom stereocenters. The highest BCUT2D eigenvalue weighted by molar-refractivity contribution is 5.78. The van der Waals surface area contributed by atoms with Crippen molar-refractivity contribution in [2.75, 3.05) is 33.4 Å². The Morgan fingerprint density at radius 2 is 2.05 bits per heavy atom. The van der Waals surface area contributed by atoms with E-state index in [0.29, 0.717) is 12.5 Å². The number of ether oxygens (including phenoxy) is 1. The molecule has 1 aliphatic rings. The van der Waals surface area contributed by atoms with Crippen molar-refractivity contribution in [3.8, 4) is 0 Å². The number of hydrogen-bond donors (Lipinski definition) is 2. The van der Waals surface area contributed by atoms with Crippen molar-refractivity contribution in [3.05, 3.63) is 0 Å². The van der Waals surface area contributed by atoms with E-state index in [2.05, 4.69) is 24.2 Å². The van der Waals surface area contributed by atoms with Crippen LogP contribution in [0.2, 0.25) is 0 Å². The second-order valence-electron chi connectivity index (χ2n) is 6.35. The van der Waals surface area contributed by atoms with Crippen LogP contribution in [0.1, 0.15) is 52.4 Å². The number of unbranched alkanes of at least 4 members (excludes halogenated alkanes) is 1. The number of nitrogens with zero attached hydrogens (tertiary/aromatic N) is 1. The van der Waals surface area contributed by atoms with Crippen LogP contribution in [0.3, 0.4) is 0 Å². The monoisotopic (exact) mass is 300 g/mol. The predicted molar refractivity (Wildman–Crippen MR) is 84.7 cm³/mol. The summed E-state index contributed by atoms with van der Waals surface area (Å²) in [6.07, 6.45) is 5.85. The summed E-state index contributed by atoms with van der Waals surface area (Å²) in [5, 5.41) is 12.6. The maximum absolute atomic E-state index is 11.4. The Labute approximate surface area is 129 Å². The Morgan fingerprint density at radius 3 is 2.62 bits per heavy atom. The Kier molecular flexibility index (Phi) is 8.22. The third-order valence-electron chi connectivity index (χ3n) is 4.49. The molecule has 21 heavy (non-hydrogen) atoms. The van der Waals surface area contributed by atoms with Gasteiger partial charge in [-0.25, -0.2) is 0 Å². The summed E-state index contributed by atoms with van der Waals surface area (Å²) in [7, 11) is 2.17. The molecule has 1 heterocycles. The molecule has 0 aliphatic carbocycles. The first-order valence-electron chi connectivity index (χ1n) is 8.26. The largest absolute Gasteiger partial charge is 0.480 e. The summed E-state index contributed by atoms with van der Waals surface area (Å²) in [5.74, 6) is -0.742. The molecule has 5 nitrogen and oxygen atoms in total. The van der Waals surface area contributed by atoms with Gasteiger partial charge >= 0.3 is 5.97 Å². The minimum atomic E-state index is -0.784. The highest BCUT2D eigenvalue weighted by Gasteiger charge is 2.31. The van der Waals surface area contributed by atoms with Crippen molar-refractivity contribution in [1.82, 2.24) is 10.2 Å². The van der Waals surface area contributed by atoms with E-state index >= 15 is 0 Å². The van der Waals surface area contributed by atoms with Crippen LogP contribution in [0.4, 0.5) is 0 Å². The van der Waals surface area contributed by atoms with E-state index in [-0.39, 0.29) is 0 Å². The molecule has 0 aromatic carbocycles. The van der Waals surface area contributed by atoms with Crippen molar-refractivity contribution in [1.29, 1.82) is 0 Å². The summed E-state index contributed by atoms with van der Waals surface area (Å²) < 4.78 is 5.38. The van der Waals surface area contributed by atoms with Crippen LogP contribution in [0.15, 0.2) is 0 Å². The van der Waals surface area contributed by atoms with Crippen molar-refractivity contribution in [2.24, 2.45) is 0 Å². The van der Waals surface area contributed by atoms with Gasteiger partial charge in [-0.1, -0.05) is 6.92 Å². The Balaban J connectivity index is 2.25. The SMILES string of the molecule is CCCNC(C)(CCCCN(C)C1CCOCC1)C(=O)O. The van der Waals surface area contributed by atoms with Crippen LogP contribution in [-0.2, 0) is 9.53 Å². The standard InChI is InChI=1S/C16H32N2O3/c1-4-10-17-16(2,15(19)20)9-5-6-11-18(3)14-7-12-21-13-8-14/h14,17H,4-13H2,1-3H3,(H,19,20). The molecule has 5 heteroatoms. The number of carboxylic acids is 1. The predicted octanol–water partition coefficient (Wildman–Crippen LogP) is 2.11. The summed E-state index contributed by atoms with van der Waals surface area (Å²) in [4.78, 5) is 13.8. The molecule has 0 radical (unpaired) electrons. The van der Waals surface area contributed by atoms with Gasteiger partial charge in [0, 0.05) is 19.3 Å². The summed E-state index contributed by atoms with van der Waals surface area (Å²) in [5.41, 5.74) is -0.784.